The molecule has 0 spiro atoms. The summed E-state index contributed by atoms with van der Waals surface area (Å²) in [5, 5.41) is 3.94. The lowest BCUT2D eigenvalue weighted by Crippen LogP contribution is -2.23. The van der Waals surface area contributed by atoms with E-state index in [4.69, 9.17) is 21.1 Å². The van der Waals surface area contributed by atoms with E-state index in [1.807, 2.05) is 31.2 Å². The molecule has 1 rings (SSSR count). The molecule has 1 N–H and O–H groups in total. The van der Waals surface area contributed by atoms with Gasteiger partial charge in [0, 0.05) is 19.8 Å². The van der Waals surface area contributed by atoms with Gasteiger partial charge in [-0.2, -0.15) is 0 Å². The maximum absolute atomic E-state index is 5.96. The minimum absolute atomic E-state index is 0.623. The average molecular weight is 258 g/mol. The molecule has 0 atom stereocenters. The van der Waals surface area contributed by atoms with Gasteiger partial charge in [-0.05, 0) is 32.0 Å². The van der Waals surface area contributed by atoms with Crippen LogP contribution in [0.4, 0.5) is 0 Å². The van der Waals surface area contributed by atoms with Crippen LogP contribution < -0.4 is 10.1 Å². The zero-order valence-corrected chi connectivity index (χ0v) is 11.0. The lowest BCUT2D eigenvalue weighted by molar-refractivity contribution is 0.144. The van der Waals surface area contributed by atoms with Gasteiger partial charge in [0.15, 0.2) is 0 Å². The second-order valence-electron chi connectivity index (χ2n) is 3.58. The van der Waals surface area contributed by atoms with Crippen molar-refractivity contribution in [2.75, 3.05) is 32.9 Å². The number of hydrogen-bond acceptors (Lipinski definition) is 3. The Balaban J connectivity index is 1.99. The SMILES string of the molecule is CCOCCCNCCOc1ccccc1Cl. The van der Waals surface area contributed by atoms with E-state index in [2.05, 4.69) is 5.32 Å². The van der Waals surface area contributed by atoms with Gasteiger partial charge in [-0.15, -0.1) is 0 Å². The van der Waals surface area contributed by atoms with Crippen LogP contribution in [0.25, 0.3) is 0 Å². The molecule has 0 unspecified atom stereocenters. The van der Waals surface area contributed by atoms with Crippen molar-refractivity contribution in [1.82, 2.24) is 5.32 Å². The van der Waals surface area contributed by atoms with Crippen molar-refractivity contribution in [3.8, 4) is 5.75 Å². The van der Waals surface area contributed by atoms with Gasteiger partial charge in [0.05, 0.1) is 5.02 Å². The molecule has 0 radical (unpaired) electrons. The van der Waals surface area contributed by atoms with Gasteiger partial charge in [0.1, 0.15) is 12.4 Å². The molecule has 0 aliphatic carbocycles. The van der Waals surface area contributed by atoms with Crippen molar-refractivity contribution in [3.05, 3.63) is 29.3 Å². The first kappa shape index (κ1) is 14.3. The molecule has 4 heteroatoms. The van der Waals surface area contributed by atoms with Crippen molar-refractivity contribution in [2.45, 2.75) is 13.3 Å². The van der Waals surface area contributed by atoms with E-state index in [0.29, 0.717) is 11.6 Å². The van der Waals surface area contributed by atoms with E-state index in [1.54, 1.807) is 0 Å². The first-order valence-corrected chi connectivity index (χ1v) is 6.38. The Kier molecular flexibility index (Phi) is 7.80. The van der Waals surface area contributed by atoms with Crippen LogP contribution in [0, 0.1) is 0 Å². The quantitative estimate of drug-likeness (QED) is 0.690. The zero-order valence-electron chi connectivity index (χ0n) is 10.2. The Morgan fingerprint density at radius 1 is 1.18 bits per heavy atom. The summed E-state index contributed by atoms with van der Waals surface area (Å²) in [4.78, 5) is 0. The van der Waals surface area contributed by atoms with Crippen molar-refractivity contribution >= 4 is 11.6 Å². The van der Waals surface area contributed by atoms with Crippen LogP contribution in [0.2, 0.25) is 5.02 Å². The number of nitrogens with one attached hydrogen (secondary N) is 1. The predicted molar refractivity (Wildman–Crippen MR) is 70.9 cm³/mol. The topological polar surface area (TPSA) is 30.5 Å². The highest BCUT2D eigenvalue weighted by Crippen LogP contribution is 2.22. The highest BCUT2D eigenvalue weighted by Gasteiger charge is 1.98. The van der Waals surface area contributed by atoms with E-state index in [1.165, 1.54) is 0 Å². The number of halogens is 1. The molecule has 0 aliphatic heterocycles. The minimum Gasteiger partial charge on any atom is -0.491 e. The molecule has 0 saturated carbocycles. The van der Waals surface area contributed by atoms with Crippen molar-refractivity contribution < 1.29 is 9.47 Å². The summed E-state index contributed by atoms with van der Waals surface area (Å²) < 4.78 is 10.8. The molecule has 0 amide bonds. The smallest absolute Gasteiger partial charge is 0.137 e. The predicted octanol–water partition coefficient (Wildman–Crippen LogP) is 2.74. The van der Waals surface area contributed by atoms with E-state index in [-0.39, 0.29) is 0 Å². The van der Waals surface area contributed by atoms with Gasteiger partial charge in [0.25, 0.3) is 0 Å². The zero-order chi connectivity index (χ0) is 12.3. The summed E-state index contributed by atoms with van der Waals surface area (Å²) >= 11 is 5.96. The molecule has 17 heavy (non-hydrogen) atoms. The second kappa shape index (κ2) is 9.28. The molecule has 1 aromatic carbocycles. The van der Waals surface area contributed by atoms with Crippen LogP contribution in [-0.2, 0) is 4.74 Å². The van der Waals surface area contributed by atoms with Crippen LogP contribution in [0.15, 0.2) is 24.3 Å². The minimum atomic E-state index is 0.623. The molecule has 0 saturated heterocycles. The summed E-state index contributed by atoms with van der Waals surface area (Å²) in [6.07, 6.45) is 1.03. The Labute approximate surface area is 108 Å². The molecule has 1 aromatic rings. The van der Waals surface area contributed by atoms with Crippen molar-refractivity contribution in [3.63, 3.8) is 0 Å². The molecule has 0 bridgehead atoms. The Bertz CT molecular complexity index is 307. The average Bonchev–Trinajstić information content (AvgIpc) is 2.35. The fourth-order valence-corrected chi connectivity index (χ4v) is 1.55. The lowest BCUT2D eigenvalue weighted by Gasteiger charge is -2.08. The molecule has 3 nitrogen and oxygen atoms in total. The molecule has 0 aromatic heterocycles. The molecule has 0 fully saturated rings. The number of benzene rings is 1. The lowest BCUT2D eigenvalue weighted by atomic mass is 10.3. The molecular weight excluding hydrogens is 238 g/mol. The maximum Gasteiger partial charge on any atom is 0.137 e. The summed E-state index contributed by atoms with van der Waals surface area (Å²) in [5.74, 6) is 0.741. The normalized spacial score (nSPS) is 10.5. The molecule has 96 valence electrons. The van der Waals surface area contributed by atoms with Gasteiger partial charge < -0.3 is 14.8 Å². The highest BCUT2D eigenvalue weighted by atomic mass is 35.5. The van der Waals surface area contributed by atoms with Crippen LogP contribution in [0.3, 0.4) is 0 Å². The van der Waals surface area contributed by atoms with E-state index < -0.39 is 0 Å². The Morgan fingerprint density at radius 2 is 2.00 bits per heavy atom. The fraction of sp³-hybridized carbons (Fsp3) is 0.538. The van der Waals surface area contributed by atoms with Gasteiger partial charge in [-0.1, -0.05) is 23.7 Å². The third kappa shape index (κ3) is 6.51. The second-order valence-corrected chi connectivity index (χ2v) is 3.99. The summed E-state index contributed by atoms with van der Waals surface area (Å²) in [6, 6.07) is 7.50. The summed E-state index contributed by atoms with van der Waals surface area (Å²) in [5.41, 5.74) is 0. The van der Waals surface area contributed by atoms with Crippen LogP contribution >= 0.6 is 11.6 Å². The maximum atomic E-state index is 5.96. The largest absolute Gasteiger partial charge is 0.491 e. The summed E-state index contributed by atoms with van der Waals surface area (Å²) in [6.45, 7) is 6.00. The Morgan fingerprint density at radius 3 is 2.76 bits per heavy atom. The first-order chi connectivity index (χ1) is 8.34. The summed E-state index contributed by atoms with van der Waals surface area (Å²) in [7, 11) is 0. The van der Waals surface area contributed by atoms with Gasteiger partial charge in [-0.25, -0.2) is 0 Å². The number of ether oxygens (including phenoxy) is 2. The monoisotopic (exact) mass is 257 g/mol. The van der Waals surface area contributed by atoms with Gasteiger partial charge in [0.2, 0.25) is 0 Å². The standard InChI is InChI=1S/C13H20ClNO2/c1-2-16-10-5-8-15-9-11-17-13-7-4-3-6-12(13)14/h3-4,6-7,15H,2,5,8-11H2,1H3. The van der Waals surface area contributed by atoms with E-state index in [0.717, 1.165) is 38.5 Å². The van der Waals surface area contributed by atoms with E-state index >= 15 is 0 Å². The first-order valence-electron chi connectivity index (χ1n) is 6.00. The third-order valence-electron chi connectivity index (χ3n) is 2.22. The van der Waals surface area contributed by atoms with Crippen molar-refractivity contribution in [2.24, 2.45) is 0 Å². The number of rotatable bonds is 9. The molecular formula is C13H20ClNO2. The molecule has 0 heterocycles. The van der Waals surface area contributed by atoms with Crippen molar-refractivity contribution in [1.29, 1.82) is 0 Å². The van der Waals surface area contributed by atoms with Gasteiger partial charge in [-0.3, -0.25) is 0 Å². The van der Waals surface area contributed by atoms with E-state index in [9.17, 15) is 0 Å². The van der Waals surface area contributed by atoms with Crippen LogP contribution in [-0.4, -0.2) is 32.9 Å². The third-order valence-corrected chi connectivity index (χ3v) is 2.53. The Hall–Kier alpha value is -0.770. The molecule has 0 aliphatic rings. The van der Waals surface area contributed by atoms with Gasteiger partial charge >= 0.3 is 0 Å². The highest BCUT2D eigenvalue weighted by molar-refractivity contribution is 6.32. The number of para-hydroxylation sites is 1. The number of hydrogen-bond donors (Lipinski definition) is 1. The van der Waals surface area contributed by atoms with Crippen LogP contribution in [0.1, 0.15) is 13.3 Å². The fourth-order valence-electron chi connectivity index (χ4n) is 1.36. The van der Waals surface area contributed by atoms with Crippen LogP contribution in [0.5, 0.6) is 5.75 Å².